The zero-order valence-corrected chi connectivity index (χ0v) is 11.9. The number of carbonyl (C=O) groups is 1. The molecule has 0 heterocycles. The van der Waals surface area contributed by atoms with Gasteiger partial charge in [-0.05, 0) is 25.5 Å². The van der Waals surface area contributed by atoms with E-state index in [-0.39, 0.29) is 30.3 Å². The fourth-order valence-corrected chi connectivity index (χ4v) is 1.58. The lowest BCUT2D eigenvalue weighted by Crippen LogP contribution is -2.23. The van der Waals surface area contributed by atoms with E-state index in [1.807, 2.05) is 0 Å². The van der Waals surface area contributed by atoms with Gasteiger partial charge in [0, 0.05) is 12.7 Å². The van der Waals surface area contributed by atoms with Crippen molar-refractivity contribution >= 4 is 5.78 Å². The second kappa shape index (κ2) is 8.66. The van der Waals surface area contributed by atoms with Crippen molar-refractivity contribution in [1.82, 2.24) is 0 Å². The van der Waals surface area contributed by atoms with E-state index in [2.05, 4.69) is 6.92 Å². The fraction of sp³-hybridized carbons (Fsp3) is 0.533. The van der Waals surface area contributed by atoms with Gasteiger partial charge in [0.25, 0.3) is 0 Å². The Morgan fingerprint density at radius 2 is 2.15 bits per heavy atom. The van der Waals surface area contributed by atoms with Gasteiger partial charge in [0.1, 0.15) is 24.3 Å². The molecule has 1 aromatic carbocycles. The molecule has 20 heavy (non-hydrogen) atoms. The van der Waals surface area contributed by atoms with Crippen molar-refractivity contribution in [2.24, 2.45) is 0 Å². The summed E-state index contributed by atoms with van der Waals surface area (Å²) >= 11 is 0. The van der Waals surface area contributed by atoms with E-state index in [1.165, 1.54) is 19.1 Å². The van der Waals surface area contributed by atoms with Crippen LogP contribution < -0.4 is 4.74 Å². The van der Waals surface area contributed by atoms with E-state index in [9.17, 15) is 14.3 Å². The van der Waals surface area contributed by atoms with Crippen LogP contribution in [0.4, 0.5) is 4.39 Å². The second-order valence-corrected chi connectivity index (χ2v) is 4.59. The van der Waals surface area contributed by atoms with Gasteiger partial charge in [-0.3, -0.25) is 4.79 Å². The summed E-state index contributed by atoms with van der Waals surface area (Å²) in [6, 6.07) is 4.02. The molecule has 0 spiro atoms. The Morgan fingerprint density at radius 1 is 1.40 bits per heavy atom. The molecule has 1 N–H and O–H groups in total. The molecule has 0 aliphatic heterocycles. The van der Waals surface area contributed by atoms with Crippen molar-refractivity contribution in [1.29, 1.82) is 0 Å². The Balaban J connectivity index is 2.38. The summed E-state index contributed by atoms with van der Waals surface area (Å²) < 4.78 is 24.0. The van der Waals surface area contributed by atoms with Crippen molar-refractivity contribution in [2.75, 3.05) is 19.8 Å². The summed E-state index contributed by atoms with van der Waals surface area (Å²) in [5.41, 5.74) is 0.0285. The van der Waals surface area contributed by atoms with E-state index >= 15 is 0 Å². The lowest BCUT2D eigenvalue weighted by atomic mass is 10.1. The number of hydrogen-bond donors (Lipinski definition) is 1. The highest BCUT2D eigenvalue weighted by Gasteiger charge is 2.10. The van der Waals surface area contributed by atoms with Gasteiger partial charge >= 0.3 is 0 Å². The molecule has 1 rings (SSSR count). The minimum atomic E-state index is -0.762. The molecular weight excluding hydrogens is 263 g/mol. The smallest absolute Gasteiger partial charge is 0.162 e. The molecule has 0 aliphatic rings. The zero-order chi connectivity index (χ0) is 15.0. The number of hydrogen-bond acceptors (Lipinski definition) is 4. The summed E-state index contributed by atoms with van der Waals surface area (Å²) in [6.45, 7) is 4.17. The van der Waals surface area contributed by atoms with Crippen molar-refractivity contribution < 1.29 is 23.8 Å². The molecule has 112 valence electrons. The average molecular weight is 284 g/mol. The largest absolute Gasteiger partial charge is 0.491 e. The molecule has 4 nitrogen and oxygen atoms in total. The van der Waals surface area contributed by atoms with Crippen LogP contribution in [0.3, 0.4) is 0 Å². The third-order valence-corrected chi connectivity index (χ3v) is 2.71. The molecule has 1 unspecified atom stereocenters. The van der Waals surface area contributed by atoms with Gasteiger partial charge in [0.15, 0.2) is 5.78 Å². The normalized spacial score (nSPS) is 12.2. The average Bonchev–Trinajstić information content (AvgIpc) is 2.41. The summed E-state index contributed by atoms with van der Waals surface area (Å²) in [5.74, 6) is -0.679. The maximum Gasteiger partial charge on any atom is 0.162 e. The van der Waals surface area contributed by atoms with Gasteiger partial charge in [-0.2, -0.15) is 0 Å². The predicted molar refractivity (Wildman–Crippen MR) is 73.6 cm³/mol. The fourth-order valence-electron chi connectivity index (χ4n) is 1.58. The molecule has 0 aliphatic carbocycles. The lowest BCUT2D eigenvalue weighted by Gasteiger charge is -2.13. The van der Waals surface area contributed by atoms with Crippen LogP contribution in [0.25, 0.3) is 0 Å². The van der Waals surface area contributed by atoms with Gasteiger partial charge in [0.2, 0.25) is 0 Å². The minimum Gasteiger partial charge on any atom is -0.491 e. The zero-order valence-electron chi connectivity index (χ0n) is 11.9. The van der Waals surface area contributed by atoms with Crippen LogP contribution in [-0.2, 0) is 4.74 Å². The molecule has 1 aromatic rings. The van der Waals surface area contributed by atoms with Crippen LogP contribution in [0.1, 0.15) is 37.0 Å². The third-order valence-electron chi connectivity index (χ3n) is 2.71. The van der Waals surface area contributed by atoms with Crippen molar-refractivity contribution in [3.8, 4) is 5.75 Å². The summed E-state index contributed by atoms with van der Waals surface area (Å²) in [6.07, 6.45) is 1.22. The van der Waals surface area contributed by atoms with Crippen LogP contribution in [0.2, 0.25) is 0 Å². The molecule has 0 fully saturated rings. The summed E-state index contributed by atoms with van der Waals surface area (Å²) in [4.78, 5) is 11.1. The maximum atomic E-state index is 13.5. The molecule has 0 amide bonds. The third kappa shape index (κ3) is 5.67. The summed E-state index contributed by atoms with van der Waals surface area (Å²) in [7, 11) is 0. The molecule has 1 atom stereocenters. The van der Waals surface area contributed by atoms with Crippen LogP contribution >= 0.6 is 0 Å². The number of unbranched alkanes of at least 4 members (excludes halogenated alkanes) is 1. The number of aliphatic hydroxyl groups excluding tert-OH is 1. The Labute approximate surface area is 118 Å². The van der Waals surface area contributed by atoms with Gasteiger partial charge in [-0.15, -0.1) is 0 Å². The summed E-state index contributed by atoms with van der Waals surface area (Å²) in [5, 5.41) is 9.62. The first-order chi connectivity index (χ1) is 9.54. The highest BCUT2D eigenvalue weighted by Crippen LogP contribution is 2.17. The Bertz CT molecular complexity index is 434. The molecule has 0 radical (unpaired) electrons. The topological polar surface area (TPSA) is 55.8 Å². The van der Waals surface area contributed by atoms with Gasteiger partial charge in [-0.25, -0.2) is 4.39 Å². The van der Waals surface area contributed by atoms with E-state index in [0.717, 1.165) is 18.9 Å². The van der Waals surface area contributed by atoms with Crippen LogP contribution in [0, 0.1) is 5.82 Å². The molecule has 5 heteroatoms. The maximum absolute atomic E-state index is 13.5. The Morgan fingerprint density at radius 3 is 2.75 bits per heavy atom. The number of halogens is 1. The first-order valence-electron chi connectivity index (χ1n) is 6.73. The van der Waals surface area contributed by atoms with Crippen molar-refractivity contribution in [3.63, 3.8) is 0 Å². The van der Waals surface area contributed by atoms with E-state index in [1.54, 1.807) is 0 Å². The highest BCUT2D eigenvalue weighted by atomic mass is 19.1. The quantitative estimate of drug-likeness (QED) is 0.559. The molecule has 0 saturated heterocycles. The number of Topliss-reactive ketones (excluding diaryl/α,β-unsaturated/α-hetero) is 1. The minimum absolute atomic E-state index is 0.0188. The van der Waals surface area contributed by atoms with Gasteiger partial charge < -0.3 is 14.6 Å². The van der Waals surface area contributed by atoms with Gasteiger partial charge in [0.05, 0.1) is 12.2 Å². The predicted octanol–water partition coefficient (Wildman–Crippen LogP) is 2.58. The van der Waals surface area contributed by atoms with Crippen molar-refractivity contribution in [3.05, 3.63) is 29.6 Å². The van der Waals surface area contributed by atoms with Gasteiger partial charge in [-0.1, -0.05) is 13.3 Å². The molecule has 0 bridgehead atoms. The van der Waals surface area contributed by atoms with E-state index < -0.39 is 11.9 Å². The van der Waals surface area contributed by atoms with Crippen LogP contribution in [0.5, 0.6) is 5.75 Å². The lowest BCUT2D eigenvalue weighted by molar-refractivity contribution is 0.0112. The molecular formula is C15H21FO4. The Kier molecular flexibility index (Phi) is 7.18. The molecule has 0 saturated carbocycles. The molecule has 0 aromatic heterocycles. The SMILES string of the molecule is CCCCOCC(O)COc1ccc(C(C)=O)c(F)c1. The first-order valence-corrected chi connectivity index (χ1v) is 6.73. The van der Waals surface area contributed by atoms with E-state index in [4.69, 9.17) is 9.47 Å². The number of ether oxygens (including phenoxy) is 2. The second-order valence-electron chi connectivity index (χ2n) is 4.59. The number of carbonyl (C=O) groups excluding carboxylic acids is 1. The first kappa shape index (κ1) is 16.6. The number of benzene rings is 1. The number of rotatable bonds is 9. The standard InChI is InChI=1S/C15H21FO4/c1-3-4-7-19-9-12(18)10-20-13-5-6-14(11(2)17)15(16)8-13/h5-6,8,12,18H,3-4,7,9-10H2,1-2H3. The highest BCUT2D eigenvalue weighted by molar-refractivity contribution is 5.94. The van der Waals surface area contributed by atoms with E-state index in [0.29, 0.717) is 6.61 Å². The number of ketones is 1. The van der Waals surface area contributed by atoms with Crippen LogP contribution in [0.15, 0.2) is 18.2 Å². The monoisotopic (exact) mass is 284 g/mol. The Hall–Kier alpha value is -1.46. The number of aliphatic hydroxyl groups is 1. The van der Waals surface area contributed by atoms with Crippen molar-refractivity contribution in [2.45, 2.75) is 32.8 Å². The van der Waals surface area contributed by atoms with Crippen LogP contribution in [-0.4, -0.2) is 36.8 Å².